The lowest BCUT2D eigenvalue weighted by Gasteiger charge is -2.18. The molecule has 0 amide bonds. The maximum atomic E-state index is 12.4. The van der Waals surface area contributed by atoms with Crippen LogP contribution >= 0.6 is 11.3 Å². The molecule has 5 aromatic rings. The van der Waals surface area contributed by atoms with Gasteiger partial charge in [0.2, 0.25) is 0 Å². The molecule has 0 saturated carbocycles. The summed E-state index contributed by atoms with van der Waals surface area (Å²) in [6, 6.07) is 19.5. The zero-order valence-electron chi connectivity index (χ0n) is 23.2. The zero-order valence-corrected chi connectivity index (χ0v) is 24.0. The molecule has 8 nitrogen and oxygen atoms in total. The zero-order chi connectivity index (χ0) is 29.1. The lowest BCUT2D eigenvalue weighted by atomic mass is 10.00. The number of hydrogen-bond acceptors (Lipinski definition) is 8. The van der Waals surface area contributed by atoms with Crippen molar-refractivity contribution in [3.8, 4) is 35.2 Å². The van der Waals surface area contributed by atoms with E-state index in [2.05, 4.69) is 22.5 Å². The maximum Gasteiger partial charge on any atom is 0.337 e. The molecule has 0 spiro atoms. The second-order valence-corrected chi connectivity index (χ2v) is 10.7. The van der Waals surface area contributed by atoms with Crippen LogP contribution in [0.15, 0.2) is 54.6 Å². The molecule has 0 N–H and O–H groups in total. The number of thiazole rings is 1. The first-order valence-electron chi connectivity index (χ1n) is 13.5. The Morgan fingerprint density at radius 1 is 1.02 bits per heavy atom. The fourth-order valence-electron chi connectivity index (χ4n) is 5.17. The molecule has 0 saturated heterocycles. The number of nitriles is 1. The number of carbonyl (C=O) groups is 1. The average molecular weight is 578 g/mol. The van der Waals surface area contributed by atoms with Crippen molar-refractivity contribution in [2.75, 3.05) is 27.4 Å². The molecule has 3 aromatic carbocycles. The number of nitrogens with zero attached hydrogens (tertiary/aromatic N) is 3. The summed E-state index contributed by atoms with van der Waals surface area (Å²) >= 11 is 1.50. The lowest BCUT2D eigenvalue weighted by Crippen LogP contribution is -2.15. The Kier molecular flexibility index (Phi) is 7.68. The molecule has 1 aliphatic heterocycles. The summed E-state index contributed by atoms with van der Waals surface area (Å²) in [5, 5.41) is 11.0. The van der Waals surface area contributed by atoms with E-state index in [1.54, 1.807) is 13.2 Å². The molecule has 0 bridgehead atoms. The second kappa shape index (κ2) is 11.9. The number of aromatic nitrogens is 2. The van der Waals surface area contributed by atoms with Crippen molar-refractivity contribution < 1.29 is 23.7 Å². The Morgan fingerprint density at radius 3 is 2.69 bits per heavy atom. The topological polar surface area (TPSA) is 95.6 Å². The van der Waals surface area contributed by atoms with Crippen LogP contribution in [0.1, 0.15) is 38.6 Å². The van der Waals surface area contributed by atoms with E-state index in [-0.39, 0.29) is 0 Å². The van der Waals surface area contributed by atoms with Gasteiger partial charge in [-0.3, -0.25) is 0 Å². The summed E-state index contributed by atoms with van der Waals surface area (Å²) in [6.07, 6.45) is 1.69. The van der Waals surface area contributed by atoms with E-state index in [9.17, 15) is 10.1 Å². The van der Waals surface area contributed by atoms with Gasteiger partial charge < -0.3 is 23.5 Å². The number of ether oxygens (including phenoxy) is 4. The minimum Gasteiger partial charge on any atom is -0.497 e. The first-order valence-corrected chi connectivity index (χ1v) is 14.3. The molecule has 0 atom stereocenters. The van der Waals surface area contributed by atoms with Crippen LogP contribution in [0.3, 0.4) is 0 Å². The summed E-state index contributed by atoms with van der Waals surface area (Å²) in [5.74, 6) is 8.53. The molecule has 210 valence electrons. The van der Waals surface area contributed by atoms with Crippen molar-refractivity contribution in [1.29, 1.82) is 5.26 Å². The smallest absolute Gasteiger partial charge is 0.337 e. The molecule has 0 radical (unpaired) electrons. The predicted octanol–water partition coefficient (Wildman–Crippen LogP) is 5.92. The quantitative estimate of drug-likeness (QED) is 0.175. The van der Waals surface area contributed by atoms with Gasteiger partial charge in [-0.2, -0.15) is 5.26 Å². The number of fused-ring (bicyclic) bond motifs is 3. The van der Waals surface area contributed by atoms with Crippen molar-refractivity contribution >= 4 is 38.4 Å². The molecular formula is C33H27N3O5S. The predicted molar refractivity (Wildman–Crippen MR) is 160 cm³/mol. The van der Waals surface area contributed by atoms with Crippen LogP contribution < -0.4 is 14.2 Å². The first kappa shape index (κ1) is 27.2. The van der Waals surface area contributed by atoms with E-state index in [0.717, 1.165) is 55.2 Å². The molecule has 0 unspecified atom stereocenters. The number of carbonyl (C=O) groups excluding carboxylic acids is 1. The number of methoxy groups -OCH3 is 2. The molecule has 3 heterocycles. The molecule has 42 heavy (non-hydrogen) atoms. The number of benzene rings is 3. The summed E-state index contributed by atoms with van der Waals surface area (Å²) in [5.41, 5.74) is 5.13. The minimum absolute atomic E-state index is 0.319. The van der Waals surface area contributed by atoms with Crippen LogP contribution in [-0.4, -0.2) is 43.0 Å². The van der Waals surface area contributed by atoms with Gasteiger partial charge in [0.25, 0.3) is 0 Å². The second-order valence-electron chi connectivity index (χ2n) is 9.69. The largest absolute Gasteiger partial charge is 0.497 e. The number of esters is 1. The monoisotopic (exact) mass is 577 g/mol. The summed E-state index contributed by atoms with van der Waals surface area (Å²) in [4.78, 5) is 17.2. The summed E-state index contributed by atoms with van der Waals surface area (Å²) < 4.78 is 24.9. The SMILES string of the molecule is COC(=O)c1ccc2c(c1)c(CCc1ccc3c(c1)OCCO3)c(C#Cc1nc3ccc(OC)cc3s1)n2CCC#N. The van der Waals surface area contributed by atoms with Gasteiger partial charge >= 0.3 is 5.97 Å². The summed E-state index contributed by atoms with van der Waals surface area (Å²) in [6.45, 7) is 1.54. The molecule has 9 heteroatoms. The lowest BCUT2D eigenvalue weighted by molar-refractivity contribution is 0.0601. The Morgan fingerprint density at radius 2 is 1.88 bits per heavy atom. The molecule has 0 aliphatic carbocycles. The van der Waals surface area contributed by atoms with E-state index in [1.807, 2.05) is 48.5 Å². The number of hydrogen-bond donors (Lipinski definition) is 0. The highest BCUT2D eigenvalue weighted by Crippen LogP contribution is 2.33. The fourth-order valence-corrected chi connectivity index (χ4v) is 6.02. The van der Waals surface area contributed by atoms with Crippen molar-refractivity contribution in [3.63, 3.8) is 0 Å². The van der Waals surface area contributed by atoms with E-state index < -0.39 is 5.97 Å². The normalized spacial score (nSPS) is 12.0. The van der Waals surface area contributed by atoms with Gasteiger partial charge in [-0.15, -0.1) is 11.3 Å². The highest BCUT2D eigenvalue weighted by molar-refractivity contribution is 7.19. The number of rotatable bonds is 7. The first-order chi connectivity index (χ1) is 20.6. The van der Waals surface area contributed by atoms with Crippen molar-refractivity contribution in [3.05, 3.63) is 82.0 Å². The van der Waals surface area contributed by atoms with Crippen molar-refractivity contribution in [1.82, 2.24) is 9.55 Å². The third-order valence-corrected chi connectivity index (χ3v) is 8.12. The van der Waals surface area contributed by atoms with Gasteiger partial charge in [0.05, 0.1) is 48.2 Å². The van der Waals surface area contributed by atoms with Crippen LogP contribution in [-0.2, 0) is 24.1 Å². The van der Waals surface area contributed by atoms with Crippen molar-refractivity contribution in [2.24, 2.45) is 0 Å². The molecule has 6 rings (SSSR count). The third-order valence-electron chi connectivity index (χ3n) is 7.19. The average Bonchev–Trinajstić information content (AvgIpc) is 3.57. The van der Waals surface area contributed by atoms with Crippen LogP contribution in [0, 0.1) is 23.2 Å². The minimum atomic E-state index is -0.406. The van der Waals surface area contributed by atoms with Gasteiger partial charge in [-0.05, 0) is 84.3 Å². The van der Waals surface area contributed by atoms with Crippen LogP contribution in [0.25, 0.3) is 21.1 Å². The van der Waals surface area contributed by atoms with E-state index in [0.29, 0.717) is 49.6 Å². The Bertz CT molecular complexity index is 1920. The number of aryl methyl sites for hydroxylation is 3. The van der Waals surface area contributed by atoms with Crippen LogP contribution in [0.2, 0.25) is 0 Å². The fraction of sp³-hybridized carbons (Fsp3) is 0.242. The molecule has 0 fully saturated rings. The van der Waals surface area contributed by atoms with Gasteiger partial charge in [-0.1, -0.05) is 6.07 Å². The Labute approximate surface area is 247 Å². The highest BCUT2D eigenvalue weighted by Gasteiger charge is 2.19. The van der Waals surface area contributed by atoms with Crippen LogP contribution in [0.5, 0.6) is 17.2 Å². The van der Waals surface area contributed by atoms with Crippen LogP contribution in [0.4, 0.5) is 0 Å². The van der Waals surface area contributed by atoms with Gasteiger partial charge in [0, 0.05) is 17.4 Å². The maximum absolute atomic E-state index is 12.4. The van der Waals surface area contributed by atoms with Gasteiger partial charge in [0.15, 0.2) is 16.5 Å². The van der Waals surface area contributed by atoms with Gasteiger partial charge in [-0.25, -0.2) is 9.78 Å². The van der Waals surface area contributed by atoms with E-state index >= 15 is 0 Å². The Balaban J connectivity index is 1.45. The molecule has 1 aliphatic rings. The molecular weight excluding hydrogens is 550 g/mol. The third kappa shape index (κ3) is 5.35. The standard InChI is InChI=1S/C33H27N3O5S/c1-38-23-7-9-26-31(20-23)42-32(35-26)13-11-27-24(8-4-21-5-12-29-30(18-21)41-17-16-40-29)25-19-22(33(37)39-2)6-10-28(25)36(27)15-3-14-34/h5-7,9-10,12,18-20H,3-4,8,15-17H2,1-2H3. The van der Waals surface area contributed by atoms with E-state index in [4.69, 9.17) is 23.9 Å². The highest BCUT2D eigenvalue weighted by atomic mass is 32.1. The molecule has 2 aromatic heterocycles. The van der Waals surface area contributed by atoms with Crippen molar-refractivity contribution in [2.45, 2.75) is 25.8 Å². The van der Waals surface area contributed by atoms with Gasteiger partial charge in [0.1, 0.15) is 19.0 Å². The van der Waals surface area contributed by atoms with E-state index in [1.165, 1.54) is 18.4 Å². The Hall–Kier alpha value is -4.99. The summed E-state index contributed by atoms with van der Waals surface area (Å²) in [7, 11) is 3.01.